The fourth-order valence-corrected chi connectivity index (χ4v) is 1.78. The third-order valence-electron chi connectivity index (χ3n) is 2.25. The maximum absolute atomic E-state index is 11.2. The summed E-state index contributed by atoms with van der Waals surface area (Å²) in [5.74, 6) is -0.164. The monoisotopic (exact) mass is 200 g/mol. The Labute approximate surface area is 85.4 Å². The summed E-state index contributed by atoms with van der Waals surface area (Å²) in [6, 6.07) is 0.221. The summed E-state index contributed by atoms with van der Waals surface area (Å²) in [5, 5.41) is 6.60. The fraction of sp³-hybridized carbons (Fsp3) is 0.900. The number of esters is 1. The maximum atomic E-state index is 11.2. The zero-order valence-corrected chi connectivity index (χ0v) is 9.39. The molecule has 1 saturated heterocycles. The standard InChI is InChI=1S/C10H20N2O2/c1-10(2,3)12-7-5-8(11-6-7)9(13)14-4/h7-8,11-12H,5-6H2,1-4H3. The molecule has 0 bridgehead atoms. The van der Waals surface area contributed by atoms with E-state index >= 15 is 0 Å². The minimum Gasteiger partial charge on any atom is -0.468 e. The van der Waals surface area contributed by atoms with E-state index in [4.69, 9.17) is 0 Å². The Morgan fingerprint density at radius 2 is 2.14 bits per heavy atom. The van der Waals surface area contributed by atoms with Crippen molar-refractivity contribution in [3.8, 4) is 0 Å². The van der Waals surface area contributed by atoms with Crippen molar-refractivity contribution in [3.63, 3.8) is 0 Å². The zero-order valence-electron chi connectivity index (χ0n) is 9.39. The summed E-state index contributed by atoms with van der Waals surface area (Å²) in [7, 11) is 1.43. The molecule has 0 amide bonds. The molecule has 1 heterocycles. The second-order valence-electron chi connectivity index (χ2n) is 4.81. The third-order valence-corrected chi connectivity index (χ3v) is 2.25. The lowest BCUT2D eigenvalue weighted by molar-refractivity contribution is -0.142. The van der Waals surface area contributed by atoms with Crippen molar-refractivity contribution in [3.05, 3.63) is 0 Å². The SMILES string of the molecule is COC(=O)C1CC(NC(C)(C)C)CN1. The van der Waals surface area contributed by atoms with Crippen LogP contribution in [0.1, 0.15) is 27.2 Å². The molecule has 0 radical (unpaired) electrons. The molecule has 0 saturated carbocycles. The van der Waals surface area contributed by atoms with Gasteiger partial charge in [0.05, 0.1) is 7.11 Å². The number of ether oxygens (including phenoxy) is 1. The largest absolute Gasteiger partial charge is 0.468 e. The molecule has 0 aliphatic carbocycles. The molecule has 1 aliphatic rings. The molecular weight excluding hydrogens is 180 g/mol. The van der Waals surface area contributed by atoms with Gasteiger partial charge in [-0.2, -0.15) is 0 Å². The Morgan fingerprint density at radius 1 is 1.50 bits per heavy atom. The lowest BCUT2D eigenvalue weighted by Crippen LogP contribution is -2.44. The van der Waals surface area contributed by atoms with E-state index in [0.29, 0.717) is 6.04 Å². The topological polar surface area (TPSA) is 50.4 Å². The normalized spacial score (nSPS) is 27.7. The van der Waals surface area contributed by atoms with Crippen molar-refractivity contribution in [2.75, 3.05) is 13.7 Å². The first-order valence-electron chi connectivity index (χ1n) is 5.01. The van der Waals surface area contributed by atoms with Gasteiger partial charge in [-0.1, -0.05) is 0 Å². The van der Waals surface area contributed by atoms with E-state index in [1.165, 1.54) is 7.11 Å². The van der Waals surface area contributed by atoms with Gasteiger partial charge in [-0.25, -0.2) is 0 Å². The van der Waals surface area contributed by atoms with E-state index in [9.17, 15) is 4.79 Å². The van der Waals surface area contributed by atoms with Crippen LogP contribution in [0.4, 0.5) is 0 Å². The molecule has 1 fully saturated rings. The smallest absolute Gasteiger partial charge is 0.322 e. The molecule has 0 aromatic rings. The minimum atomic E-state index is -0.164. The molecule has 0 spiro atoms. The van der Waals surface area contributed by atoms with Crippen molar-refractivity contribution in [2.24, 2.45) is 0 Å². The molecular formula is C10H20N2O2. The minimum absolute atomic E-state index is 0.0946. The molecule has 4 nitrogen and oxygen atoms in total. The van der Waals surface area contributed by atoms with Crippen LogP contribution in [0.25, 0.3) is 0 Å². The van der Waals surface area contributed by atoms with Crippen LogP contribution in [-0.2, 0) is 9.53 Å². The van der Waals surface area contributed by atoms with Gasteiger partial charge in [0.2, 0.25) is 0 Å². The van der Waals surface area contributed by atoms with Crippen LogP contribution >= 0.6 is 0 Å². The Bertz CT molecular complexity index is 211. The van der Waals surface area contributed by atoms with E-state index in [1.54, 1.807) is 0 Å². The van der Waals surface area contributed by atoms with Crippen molar-refractivity contribution in [1.82, 2.24) is 10.6 Å². The van der Waals surface area contributed by atoms with E-state index < -0.39 is 0 Å². The van der Waals surface area contributed by atoms with Gasteiger partial charge in [-0.15, -0.1) is 0 Å². The Balaban J connectivity index is 2.38. The molecule has 4 heteroatoms. The van der Waals surface area contributed by atoms with Crippen LogP contribution < -0.4 is 10.6 Å². The molecule has 0 aromatic carbocycles. The second kappa shape index (κ2) is 4.28. The highest BCUT2D eigenvalue weighted by molar-refractivity contribution is 5.76. The van der Waals surface area contributed by atoms with E-state index in [0.717, 1.165) is 13.0 Å². The van der Waals surface area contributed by atoms with E-state index in [-0.39, 0.29) is 17.6 Å². The van der Waals surface area contributed by atoms with E-state index in [2.05, 4.69) is 36.1 Å². The summed E-state index contributed by atoms with van der Waals surface area (Å²) in [4.78, 5) is 11.2. The average molecular weight is 200 g/mol. The molecule has 0 aromatic heterocycles. The number of rotatable bonds is 2. The second-order valence-corrected chi connectivity index (χ2v) is 4.81. The highest BCUT2D eigenvalue weighted by Crippen LogP contribution is 2.11. The first-order chi connectivity index (χ1) is 6.42. The van der Waals surface area contributed by atoms with Crippen LogP contribution in [0.2, 0.25) is 0 Å². The molecule has 1 rings (SSSR count). The van der Waals surface area contributed by atoms with Gasteiger partial charge >= 0.3 is 5.97 Å². The summed E-state index contributed by atoms with van der Waals surface area (Å²) in [5.41, 5.74) is 0.0946. The van der Waals surface area contributed by atoms with Crippen LogP contribution in [0.15, 0.2) is 0 Å². The molecule has 2 N–H and O–H groups in total. The van der Waals surface area contributed by atoms with Crippen LogP contribution in [0.3, 0.4) is 0 Å². The van der Waals surface area contributed by atoms with Gasteiger partial charge < -0.3 is 15.4 Å². The van der Waals surface area contributed by atoms with Gasteiger partial charge in [0.1, 0.15) is 6.04 Å². The van der Waals surface area contributed by atoms with Gasteiger partial charge in [-0.3, -0.25) is 4.79 Å². The predicted octanol–water partition coefficient (Wildman–Crippen LogP) is 0.278. The Hall–Kier alpha value is -0.610. The zero-order chi connectivity index (χ0) is 10.8. The van der Waals surface area contributed by atoms with Crippen LogP contribution in [0.5, 0.6) is 0 Å². The molecule has 2 unspecified atom stereocenters. The van der Waals surface area contributed by atoms with Gasteiger partial charge in [0.15, 0.2) is 0 Å². The molecule has 82 valence electrons. The number of nitrogens with one attached hydrogen (secondary N) is 2. The summed E-state index contributed by atoms with van der Waals surface area (Å²) < 4.78 is 4.68. The van der Waals surface area contributed by atoms with Gasteiger partial charge in [0, 0.05) is 18.1 Å². The summed E-state index contributed by atoms with van der Waals surface area (Å²) in [6.45, 7) is 7.20. The van der Waals surface area contributed by atoms with Crippen molar-refractivity contribution < 1.29 is 9.53 Å². The van der Waals surface area contributed by atoms with Crippen molar-refractivity contribution >= 4 is 5.97 Å². The highest BCUT2D eigenvalue weighted by Gasteiger charge is 2.31. The number of carbonyl (C=O) groups excluding carboxylic acids is 1. The Kier molecular flexibility index (Phi) is 3.50. The number of hydrogen-bond donors (Lipinski definition) is 2. The first-order valence-corrected chi connectivity index (χ1v) is 5.01. The summed E-state index contributed by atoms with van der Waals surface area (Å²) in [6.07, 6.45) is 0.809. The maximum Gasteiger partial charge on any atom is 0.322 e. The van der Waals surface area contributed by atoms with Crippen LogP contribution in [0, 0.1) is 0 Å². The Morgan fingerprint density at radius 3 is 2.64 bits per heavy atom. The molecule has 14 heavy (non-hydrogen) atoms. The predicted molar refractivity (Wildman–Crippen MR) is 55.1 cm³/mol. The highest BCUT2D eigenvalue weighted by atomic mass is 16.5. The van der Waals surface area contributed by atoms with Crippen molar-refractivity contribution in [1.29, 1.82) is 0 Å². The van der Waals surface area contributed by atoms with E-state index in [1.807, 2.05) is 0 Å². The first kappa shape index (κ1) is 11.5. The lowest BCUT2D eigenvalue weighted by atomic mass is 10.1. The number of carbonyl (C=O) groups is 1. The molecule has 2 atom stereocenters. The van der Waals surface area contributed by atoms with Gasteiger partial charge in [-0.05, 0) is 27.2 Å². The fourth-order valence-electron chi connectivity index (χ4n) is 1.78. The van der Waals surface area contributed by atoms with Gasteiger partial charge in [0.25, 0.3) is 0 Å². The lowest BCUT2D eigenvalue weighted by Gasteiger charge is -2.25. The third kappa shape index (κ3) is 3.27. The summed E-state index contributed by atoms with van der Waals surface area (Å²) >= 11 is 0. The average Bonchev–Trinajstić information content (AvgIpc) is 2.48. The van der Waals surface area contributed by atoms with Crippen molar-refractivity contribution in [2.45, 2.75) is 44.8 Å². The molecule has 1 aliphatic heterocycles. The number of methoxy groups -OCH3 is 1. The number of hydrogen-bond acceptors (Lipinski definition) is 4. The quantitative estimate of drug-likeness (QED) is 0.629. The van der Waals surface area contributed by atoms with Crippen LogP contribution in [-0.4, -0.2) is 37.2 Å².